The molecule has 0 amide bonds. The van der Waals surface area contributed by atoms with Gasteiger partial charge in [0.2, 0.25) is 0 Å². The first kappa shape index (κ1) is 20.6. The van der Waals surface area contributed by atoms with Crippen LogP contribution in [0.1, 0.15) is 24.4 Å². The molecule has 1 saturated heterocycles. The molecule has 5 rings (SSSR count). The number of nitrogens with zero attached hydrogens (tertiary/aromatic N) is 4. The quantitative estimate of drug-likeness (QED) is 0.359. The monoisotopic (exact) mass is 434 g/mol. The van der Waals surface area contributed by atoms with E-state index in [1.165, 1.54) is 34.7 Å². The number of hydrogen-bond acceptors (Lipinski definition) is 4. The zero-order valence-electron chi connectivity index (χ0n) is 18.1. The van der Waals surface area contributed by atoms with Gasteiger partial charge >= 0.3 is 0 Å². The van der Waals surface area contributed by atoms with Gasteiger partial charge in [0.1, 0.15) is 12.4 Å². The van der Waals surface area contributed by atoms with Gasteiger partial charge in [0.25, 0.3) is 0 Å². The van der Waals surface area contributed by atoms with Crippen LogP contribution in [0.3, 0.4) is 0 Å². The van der Waals surface area contributed by atoms with Crippen LogP contribution in [0.25, 0.3) is 21.9 Å². The molecule has 3 aromatic heterocycles. The van der Waals surface area contributed by atoms with Crippen molar-refractivity contribution in [3.63, 3.8) is 0 Å². The Hall–Kier alpha value is -2.28. The normalized spacial score (nSPS) is 15.9. The van der Waals surface area contributed by atoms with Gasteiger partial charge in [-0.3, -0.25) is 4.90 Å². The van der Waals surface area contributed by atoms with Gasteiger partial charge in [-0.2, -0.15) is 11.8 Å². The summed E-state index contributed by atoms with van der Waals surface area (Å²) in [4.78, 5) is 7.32. The highest BCUT2D eigenvalue weighted by molar-refractivity contribution is 7.98. The Balaban J connectivity index is 1.33. The summed E-state index contributed by atoms with van der Waals surface area (Å²) in [5.41, 5.74) is 3.73. The molecule has 1 fully saturated rings. The Kier molecular flexibility index (Phi) is 6.30. The third kappa shape index (κ3) is 4.38. The van der Waals surface area contributed by atoms with Crippen LogP contribution in [0.5, 0.6) is 0 Å². The third-order valence-electron chi connectivity index (χ3n) is 6.32. The van der Waals surface area contributed by atoms with Gasteiger partial charge in [0, 0.05) is 60.8 Å². The van der Waals surface area contributed by atoms with E-state index in [1.54, 1.807) is 11.8 Å². The van der Waals surface area contributed by atoms with Gasteiger partial charge in [-0.15, -0.1) is 0 Å². The third-order valence-corrected chi connectivity index (χ3v) is 6.90. The number of hydrogen-bond donors (Lipinski definition) is 0. The van der Waals surface area contributed by atoms with Crippen LogP contribution >= 0.6 is 11.8 Å². The summed E-state index contributed by atoms with van der Waals surface area (Å²) < 4.78 is 10.4. The van der Waals surface area contributed by atoms with E-state index < -0.39 is 0 Å². The van der Waals surface area contributed by atoms with Crippen LogP contribution in [0.4, 0.5) is 0 Å². The second-order valence-corrected chi connectivity index (χ2v) is 9.32. The molecule has 31 heavy (non-hydrogen) atoms. The van der Waals surface area contributed by atoms with Crippen molar-refractivity contribution in [3.8, 4) is 0 Å². The van der Waals surface area contributed by atoms with E-state index in [4.69, 9.17) is 9.72 Å². The van der Waals surface area contributed by atoms with E-state index >= 15 is 0 Å². The van der Waals surface area contributed by atoms with Crippen molar-refractivity contribution >= 4 is 33.7 Å². The fraction of sp³-hybridized carbons (Fsp3) is 0.400. The van der Waals surface area contributed by atoms with E-state index in [9.17, 15) is 0 Å². The molecule has 162 valence electrons. The summed E-state index contributed by atoms with van der Waals surface area (Å²) >= 11 is 1.81. The van der Waals surface area contributed by atoms with Crippen LogP contribution in [-0.2, 0) is 18.0 Å². The minimum atomic E-state index is 0.538. The minimum absolute atomic E-state index is 0.538. The second kappa shape index (κ2) is 9.47. The van der Waals surface area contributed by atoms with Gasteiger partial charge in [-0.25, -0.2) is 4.98 Å². The molecule has 0 radical (unpaired) electrons. The first-order valence-electron chi connectivity index (χ1n) is 11.1. The van der Waals surface area contributed by atoms with Gasteiger partial charge in [-0.05, 0) is 36.8 Å². The molecule has 5 nitrogen and oxygen atoms in total. The molecule has 0 unspecified atom stereocenters. The number of rotatable bonds is 8. The molecular weight excluding hydrogens is 404 g/mol. The summed E-state index contributed by atoms with van der Waals surface area (Å²) in [5.74, 6) is 1.02. The van der Waals surface area contributed by atoms with Crippen molar-refractivity contribution in [2.24, 2.45) is 0 Å². The topological polar surface area (TPSA) is 35.2 Å². The average Bonchev–Trinajstić information content (AvgIpc) is 3.42. The summed E-state index contributed by atoms with van der Waals surface area (Å²) in [6.45, 7) is 4.64. The molecule has 6 heteroatoms. The Morgan fingerprint density at radius 2 is 1.90 bits per heavy atom. The molecule has 0 spiro atoms. The van der Waals surface area contributed by atoms with Crippen molar-refractivity contribution in [1.82, 2.24) is 19.0 Å². The number of piperidine rings is 1. The average molecular weight is 435 g/mol. The molecule has 0 bridgehead atoms. The van der Waals surface area contributed by atoms with Gasteiger partial charge in [0.05, 0.1) is 12.1 Å². The first-order valence-corrected chi connectivity index (χ1v) is 12.5. The van der Waals surface area contributed by atoms with Crippen molar-refractivity contribution in [3.05, 3.63) is 66.6 Å². The highest BCUT2D eigenvalue weighted by Gasteiger charge is 2.22. The number of likely N-dealkylation sites (tertiary alicyclic amines) is 1. The number of fused-ring (bicyclic) bond motifs is 3. The summed E-state index contributed by atoms with van der Waals surface area (Å²) in [5, 5.41) is 2.45. The summed E-state index contributed by atoms with van der Waals surface area (Å²) in [6.07, 6.45) is 10.8. The molecule has 1 aliphatic rings. The molecular formula is C25H30N4OS. The molecule has 0 atom stereocenters. The minimum Gasteiger partial charge on any atom is -0.360 e. The molecule has 0 N–H and O–H groups in total. The zero-order chi connectivity index (χ0) is 21.0. The van der Waals surface area contributed by atoms with Crippen LogP contribution in [0, 0.1) is 0 Å². The standard InChI is InChI=1S/C25H30N4OS/c1-31-16-15-30-19-28-13-10-23-24-21(17-26-25(23)28)7-14-29(24)22-8-11-27(12-9-22)18-20-5-3-2-4-6-20/h2-7,10,13-14,17,22H,8-9,11-12,15-16,18-19H2,1H3. The first-order chi connectivity index (χ1) is 15.3. The predicted octanol–water partition coefficient (Wildman–Crippen LogP) is 5.17. The SMILES string of the molecule is CSCCOCn1ccc2c1ncc1ccn(C3CCN(Cc4ccccc4)CC3)c12. The Morgan fingerprint density at radius 3 is 2.71 bits per heavy atom. The number of thioether (sulfide) groups is 1. The number of pyridine rings is 1. The largest absolute Gasteiger partial charge is 0.360 e. The lowest BCUT2D eigenvalue weighted by atomic mass is 10.0. The summed E-state index contributed by atoms with van der Waals surface area (Å²) in [7, 11) is 0. The number of ether oxygens (including phenoxy) is 1. The highest BCUT2D eigenvalue weighted by atomic mass is 32.2. The van der Waals surface area contributed by atoms with E-state index in [2.05, 4.69) is 75.1 Å². The predicted molar refractivity (Wildman–Crippen MR) is 130 cm³/mol. The van der Waals surface area contributed by atoms with Gasteiger partial charge in [0.15, 0.2) is 0 Å². The molecule has 4 heterocycles. The lowest BCUT2D eigenvalue weighted by molar-refractivity contribution is 0.0927. The molecule has 0 aliphatic carbocycles. The zero-order valence-corrected chi connectivity index (χ0v) is 18.9. The molecule has 4 aromatic rings. The van der Waals surface area contributed by atoms with Gasteiger partial charge < -0.3 is 13.9 Å². The van der Waals surface area contributed by atoms with Gasteiger partial charge in [-0.1, -0.05) is 30.3 Å². The smallest absolute Gasteiger partial charge is 0.143 e. The maximum Gasteiger partial charge on any atom is 0.143 e. The Bertz CT molecular complexity index is 1130. The van der Waals surface area contributed by atoms with Crippen LogP contribution in [-0.4, -0.2) is 50.7 Å². The Labute approximate surface area is 188 Å². The fourth-order valence-electron chi connectivity index (χ4n) is 4.70. The van der Waals surface area contributed by atoms with Crippen molar-refractivity contribution in [2.75, 3.05) is 31.7 Å². The van der Waals surface area contributed by atoms with E-state index in [-0.39, 0.29) is 0 Å². The second-order valence-electron chi connectivity index (χ2n) is 8.33. The van der Waals surface area contributed by atoms with E-state index in [0.29, 0.717) is 12.8 Å². The summed E-state index contributed by atoms with van der Waals surface area (Å²) in [6, 6.07) is 15.8. The Morgan fingerprint density at radius 1 is 1.06 bits per heavy atom. The lowest BCUT2D eigenvalue weighted by Gasteiger charge is -2.33. The maximum atomic E-state index is 5.82. The highest BCUT2D eigenvalue weighted by Crippen LogP contribution is 2.32. The molecule has 1 aromatic carbocycles. The number of aromatic nitrogens is 3. The molecule has 1 aliphatic heterocycles. The lowest BCUT2D eigenvalue weighted by Crippen LogP contribution is -2.34. The van der Waals surface area contributed by atoms with E-state index in [0.717, 1.165) is 37.6 Å². The van der Waals surface area contributed by atoms with Crippen LogP contribution < -0.4 is 0 Å². The van der Waals surface area contributed by atoms with Crippen molar-refractivity contribution in [1.29, 1.82) is 0 Å². The van der Waals surface area contributed by atoms with Crippen LogP contribution in [0.15, 0.2) is 61.1 Å². The molecule has 0 saturated carbocycles. The number of benzene rings is 1. The van der Waals surface area contributed by atoms with Crippen molar-refractivity contribution in [2.45, 2.75) is 32.2 Å². The maximum absolute atomic E-state index is 5.82. The van der Waals surface area contributed by atoms with Crippen LogP contribution in [0.2, 0.25) is 0 Å². The van der Waals surface area contributed by atoms with Crippen molar-refractivity contribution < 1.29 is 4.74 Å². The fourth-order valence-corrected chi connectivity index (χ4v) is 4.98. The van der Waals surface area contributed by atoms with E-state index in [1.807, 2.05) is 6.20 Å².